The molecule has 0 aliphatic carbocycles. The summed E-state index contributed by atoms with van der Waals surface area (Å²) in [6.07, 6.45) is 2.72. The Bertz CT molecular complexity index is 552. The Balaban J connectivity index is 2.14. The summed E-state index contributed by atoms with van der Waals surface area (Å²) in [6.45, 7) is 5.43. The minimum absolute atomic E-state index is 0.0767. The van der Waals surface area contributed by atoms with E-state index >= 15 is 0 Å². The maximum atomic E-state index is 12.6. The molecular weight excluding hydrogens is 294 g/mol. The van der Waals surface area contributed by atoms with Crippen LogP contribution in [0.2, 0.25) is 0 Å². The Morgan fingerprint density at radius 2 is 1.90 bits per heavy atom. The van der Waals surface area contributed by atoms with E-state index in [0.717, 1.165) is 24.8 Å². The first kappa shape index (κ1) is 15.8. The van der Waals surface area contributed by atoms with Gasteiger partial charge in [-0.2, -0.15) is 4.31 Å². The lowest BCUT2D eigenvalue weighted by Crippen LogP contribution is -2.30. The number of hydrogen-bond donors (Lipinski definition) is 0. The number of alkyl halides is 1. The molecule has 1 fully saturated rings. The van der Waals surface area contributed by atoms with Gasteiger partial charge in [-0.05, 0) is 42.4 Å². The molecule has 1 saturated heterocycles. The van der Waals surface area contributed by atoms with Crippen LogP contribution in [0.4, 0.5) is 0 Å². The van der Waals surface area contributed by atoms with Crippen LogP contribution in [-0.2, 0) is 16.4 Å². The highest BCUT2D eigenvalue weighted by atomic mass is 35.5. The van der Waals surface area contributed by atoms with Gasteiger partial charge >= 0.3 is 0 Å². The van der Waals surface area contributed by atoms with Crippen molar-refractivity contribution in [3.8, 4) is 0 Å². The Morgan fingerprint density at radius 1 is 1.25 bits per heavy atom. The van der Waals surface area contributed by atoms with Crippen LogP contribution in [0.5, 0.6) is 0 Å². The largest absolute Gasteiger partial charge is 0.243 e. The third-order valence-electron chi connectivity index (χ3n) is 3.80. The van der Waals surface area contributed by atoms with Gasteiger partial charge in [0, 0.05) is 19.0 Å². The first-order chi connectivity index (χ1) is 9.35. The maximum absolute atomic E-state index is 12.6. The second-order valence-electron chi connectivity index (χ2n) is 6.19. The van der Waals surface area contributed by atoms with Gasteiger partial charge in [0.25, 0.3) is 0 Å². The van der Waals surface area contributed by atoms with Gasteiger partial charge in [0.1, 0.15) is 0 Å². The fourth-order valence-corrected chi connectivity index (χ4v) is 4.28. The molecule has 0 amide bonds. The average Bonchev–Trinajstić information content (AvgIpc) is 2.78. The quantitative estimate of drug-likeness (QED) is 0.782. The zero-order valence-electron chi connectivity index (χ0n) is 12.1. The summed E-state index contributed by atoms with van der Waals surface area (Å²) in [4.78, 5) is 0.393. The number of sulfonamides is 1. The summed E-state index contributed by atoms with van der Waals surface area (Å²) in [6, 6.07) is 7.20. The maximum Gasteiger partial charge on any atom is 0.243 e. The normalized spacial score (nSPS) is 19.4. The first-order valence-electron chi connectivity index (χ1n) is 7.00. The molecule has 2 rings (SSSR count). The van der Waals surface area contributed by atoms with Crippen molar-refractivity contribution in [1.29, 1.82) is 0 Å². The molecule has 0 N–H and O–H groups in total. The van der Waals surface area contributed by atoms with Crippen molar-refractivity contribution in [2.75, 3.05) is 19.0 Å². The summed E-state index contributed by atoms with van der Waals surface area (Å²) >= 11 is 5.67. The standard InChI is InChI=1S/C15H22ClNO2S/c1-15(2)9-11-17(12-15)20(18,19)14-7-5-13(6-8-14)4-3-10-16/h5-8H,3-4,9-12H2,1-2H3. The summed E-state index contributed by atoms with van der Waals surface area (Å²) in [5, 5.41) is 0. The molecule has 0 radical (unpaired) electrons. The molecule has 0 bridgehead atoms. The molecule has 0 aromatic heterocycles. The van der Waals surface area contributed by atoms with Crippen molar-refractivity contribution < 1.29 is 8.42 Å². The highest BCUT2D eigenvalue weighted by Gasteiger charge is 2.36. The zero-order valence-corrected chi connectivity index (χ0v) is 13.7. The van der Waals surface area contributed by atoms with Crippen LogP contribution < -0.4 is 0 Å². The summed E-state index contributed by atoms with van der Waals surface area (Å²) in [7, 11) is -3.34. The van der Waals surface area contributed by atoms with Crippen LogP contribution >= 0.6 is 11.6 Å². The van der Waals surface area contributed by atoms with E-state index < -0.39 is 10.0 Å². The molecule has 1 aromatic carbocycles. The number of aryl methyl sites for hydroxylation is 1. The number of nitrogens with zero attached hydrogens (tertiary/aromatic N) is 1. The Hall–Kier alpha value is -0.580. The molecule has 0 atom stereocenters. The molecule has 1 aromatic rings. The third kappa shape index (κ3) is 3.54. The van der Waals surface area contributed by atoms with Crippen LogP contribution in [0.15, 0.2) is 29.2 Å². The predicted molar refractivity (Wildman–Crippen MR) is 82.6 cm³/mol. The fourth-order valence-electron chi connectivity index (χ4n) is 2.52. The molecule has 1 aliphatic rings. The molecule has 0 saturated carbocycles. The Labute approximate surface area is 127 Å². The van der Waals surface area contributed by atoms with Crippen molar-refractivity contribution in [1.82, 2.24) is 4.31 Å². The van der Waals surface area contributed by atoms with Crippen LogP contribution in [0.1, 0.15) is 32.3 Å². The van der Waals surface area contributed by atoms with E-state index in [4.69, 9.17) is 11.6 Å². The number of hydrogen-bond acceptors (Lipinski definition) is 2. The Morgan fingerprint density at radius 3 is 2.40 bits per heavy atom. The molecule has 5 heteroatoms. The second-order valence-corrected chi connectivity index (χ2v) is 8.51. The van der Waals surface area contributed by atoms with Gasteiger partial charge < -0.3 is 0 Å². The van der Waals surface area contributed by atoms with Crippen LogP contribution in [-0.4, -0.2) is 31.7 Å². The molecule has 20 heavy (non-hydrogen) atoms. The van der Waals surface area contributed by atoms with E-state index in [2.05, 4.69) is 13.8 Å². The summed E-state index contributed by atoms with van der Waals surface area (Å²) in [5.41, 5.74) is 1.21. The van der Waals surface area contributed by atoms with Gasteiger partial charge in [-0.1, -0.05) is 26.0 Å². The molecular formula is C15H22ClNO2S. The fraction of sp³-hybridized carbons (Fsp3) is 0.600. The predicted octanol–water partition coefficient (Wildman–Crippen LogP) is 3.28. The first-order valence-corrected chi connectivity index (χ1v) is 8.98. The van der Waals surface area contributed by atoms with Gasteiger partial charge in [0.05, 0.1) is 4.90 Å². The van der Waals surface area contributed by atoms with Crippen molar-refractivity contribution >= 4 is 21.6 Å². The number of benzene rings is 1. The van der Waals surface area contributed by atoms with E-state index in [1.165, 1.54) is 0 Å². The smallest absolute Gasteiger partial charge is 0.207 e. The van der Waals surface area contributed by atoms with E-state index in [9.17, 15) is 8.42 Å². The second kappa shape index (κ2) is 6.04. The van der Waals surface area contributed by atoms with E-state index in [0.29, 0.717) is 23.9 Å². The van der Waals surface area contributed by atoms with E-state index in [1.54, 1.807) is 16.4 Å². The number of halogens is 1. The Kier molecular flexibility index (Phi) is 4.77. The lowest BCUT2D eigenvalue weighted by molar-refractivity contribution is 0.375. The van der Waals surface area contributed by atoms with Gasteiger partial charge in [-0.15, -0.1) is 11.6 Å². The molecule has 1 heterocycles. The van der Waals surface area contributed by atoms with Gasteiger partial charge in [0.15, 0.2) is 0 Å². The molecule has 3 nitrogen and oxygen atoms in total. The monoisotopic (exact) mass is 315 g/mol. The molecule has 0 spiro atoms. The van der Waals surface area contributed by atoms with Crippen molar-refractivity contribution in [2.45, 2.75) is 38.0 Å². The van der Waals surface area contributed by atoms with Crippen molar-refractivity contribution in [3.05, 3.63) is 29.8 Å². The number of rotatable bonds is 5. The van der Waals surface area contributed by atoms with Gasteiger partial charge in [-0.25, -0.2) is 8.42 Å². The summed E-state index contributed by atoms with van der Waals surface area (Å²) < 4.78 is 26.7. The zero-order chi connectivity index (χ0) is 14.8. The van der Waals surface area contributed by atoms with Crippen LogP contribution in [0, 0.1) is 5.41 Å². The van der Waals surface area contributed by atoms with Crippen LogP contribution in [0.25, 0.3) is 0 Å². The van der Waals surface area contributed by atoms with Gasteiger partial charge in [-0.3, -0.25) is 0 Å². The average molecular weight is 316 g/mol. The molecule has 1 aliphatic heterocycles. The molecule has 112 valence electrons. The van der Waals surface area contributed by atoms with Crippen molar-refractivity contribution in [3.63, 3.8) is 0 Å². The minimum atomic E-state index is -3.34. The molecule has 0 unspecified atom stereocenters. The third-order valence-corrected chi connectivity index (χ3v) is 5.93. The minimum Gasteiger partial charge on any atom is -0.207 e. The lowest BCUT2D eigenvalue weighted by atomic mass is 9.93. The topological polar surface area (TPSA) is 37.4 Å². The highest BCUT2D eigenvalue weighted by molar-refractivity contribution is 7.89. The highest BCUT2D eigenvalue weighted by Crippen LogP contribution is 2.32. The lowest BCUT2D eigenvalue weighted by Gasteiger charge is -2.19. The van der Waals surface area contributed by atoms with E-state index in [1.807, 2.05) is 12.1 Å². The SMILES string of the molecule is CC1(C)CCN(S(=O)(=O)c2ccc(CCCCl)cc2)C1. The van der Waals surface area contributed by atoms with E-state index in [-0.39, 0.29) is 5.41 Å². The van der Waals surface area contributed by atoms with Crippen LogP contribution in [0.3, 0.4) is 0 Å². The summed E-state index contributed by atoms with van der Waals surface area (Å²) in [5.74, 6) is 0.628. The van der Waals surface area contributed by atoms with Crippen molar-refractivity contribution in [2.24, 2.45) is 5.41 Å². The van der Waals surface area contributed by atoms with Gasteiger partial charge in [0.2, 0.25) is 10.0 Å².